The standard InChI is InChI=1S/C25H22FN3O3S/c1-15-2-7-23(33-15)25(30)28-10-8-18(9-11-28)29-20-5-4-17(26)13-19(20)27-24(29)16-3-6-21-22(12-16)32-14-31-21/h2-7,12-13,18H,8-11,14H2,1H3. The van der Waals surface area contributed by atoms with Gasteiger partial charge in [0.05, 0.1) is 15.9 Å². The van der Waals surface area contributed by atoms with Gasteiger partial charge in [0, 0.05) is 35.6 Å². The first-order chi connectivity index (χ1) is 16.1. The van der Waals surface area contributed by atoms with Gasteiger partial charge in [-0.15, -0.1) is 11.3 Å². The highest BCUT2D eigenvalue weighted by molar-refractivity contribution is 7.13. The lowest BCUT2D eigenvalue weighted by molar-refractivity contribution is 0.0701. The van der Waals surface area contributed by atoms with Crippen molar-refractivity contribution in [2.24, 2.45) is 0 Å². The normalized spacial score (nSPS) is 16.0. The number of thiophene rings is 1. The summed E-state index contributed by atoms with van der Waals surface area (Å²) >= 11 is 1.54. The number of nitrogens with zero attached hydrogens (tertiary/aromatic N) is 3. The predicted molar refractivity (Wildman–Crippen MR) is 124 cm³/mol. The Bertz CT molecular complexity index is 1370. The molecular weight excluding hydrogens is 441 g/mol. The Morgan fingerprint density at radius 3 is 2.67 bits per heavy atom. The van der Waals surface area contributed by atoms with Crippen LogP contribution in [0, 0.1) is 12.7 Å². The van der Waals surface area contributed by atoms with Gasteiger partial charge in [0.2, 0.25) is 6.79 Å². The Kier molecular flexibility index (Phi) is 4.83. The van der Waals surface area contributed by atoms with Crippen LogP contribution in [0.4, 0.5) is 4.39 Å². The zero-order valence-electron chi connectivity index (χ0n) is 18.1. The number of piperidine rings is 1. The highest BCUT2D eigenvalue weighted by Gasteiger charge is 2.29. The van der Waals surface area contributed by atoms with Crippen molar-refractivity contribution in [1.29, 1.82) is 0 Å². The summed E-state index contributed by atoms with van der Waals surface area (Å²) in [5.41, 5.74) is 2.40. The maximum absolute atomic E-state index is 14.0. The molecule has 4 aromatic rings. The summed E-state index contributed by atoms with van der Waals surface area (Å²) in [6.45, 7) is 3.55. The molecule has 6 nitrogen and oxygen atoms in total. The molecule has 0 atom stereocenters. The van der Waals surface area contributed by atoms with Gasteiger partial charge >= 0.3 is 0 Å². The number of halogens is 1. The molecule has 0 aliphatic carbocycles. The summed E-state index contributed by atoms with van der Waals surface area (Å²) in [5, 5.41) is 0. The SMILES string of the molecule is Cc1ccc(C(=O)N2CCC(n3c(-c4ccc5c(c4)OCO5)nc4cc(F)ccc43)CC2)s1. The molecule has 8 heteroatoms. The second-order valence-electron chi connectivity index (χ2n) is 8.44. The lowest BCUT2D eigenvalue weighted by atomic mass is 10.0. The Hall–Kier alpha value is -3.39. The van der Waals surface area contributed by atoms with E-state index in [2.05, 4.69) is 4.57 Å². The van der Waals surface area contributed by atoms with Crippen LogP contribution in [0.15, 0.2) is 48.5 Å². The molecular formula is C25H22FN3O3S. The lowest BCUT2D eigenvalue weighted by Crippen LogP contribution is -2.38. The Morgan fingerprint density at radius 1 is 1.06 bits per heavy atom. The van der Waals surface area contributed by atoms with Crippen LogP contribution in [0.25, 0.3) is 22.4 Å². The van der Waals surface area contributed by atoms with Crippen LogP contribution in [0.1, 0.15) is 33.4 Å². The molecule has 168 valence electrons. The highest BCUT2D eigenvalue weighted by Crippen LogP contribution is 2.39. The first-order valence-electron chi connectivity index (χ1n) is 11.0. The molecule has 2 aromatic carbocycles. The number of imidazole rings is 1. The molecule has 2 aliphatic rings. The molecule has 1 amide bonds. The van der Waals surface area contributed by atoms with Crippen molar-refractivity contribution in [3.05, 3.63) is 64.1 Å². The van der Waals surface area contributed by atoms with Gasteiger partial charge in [0.15, 0.2) is 11.5 Å². The van der Waals surface area contributed by atoms with E-state index in [1.54, 1.807) is 6.07 Å². The number of carbonyl (C=O) groups excluding carboxylic acids is 1. The molecule has 6 rings (SSSR count). The van der Waals surface area contributed by atoms with Gasteiger partial charge in [-0.3, -0.25) is 4.79 Å². The van der Waals surface area contributed by atoms with E-state index in [0.29, 0.717) is 30.1 Å². The van der Waals surface area contributed by atoms with Crippen LogP contribution >= 0.6 is 11.3 Å². The van der Waals surface area contributed by atoms with Crippen LogP contribution in [-0.2, 0) is 0 Å². The minimum absolute atomic E-state index is 0.0973. The third-order valence-electron chi connectivity index (χ3n) is 6.35. The van der Waals surface area contributed by atoms with E-state index in [-0.39, 0.29) is 24.6 Å². The largest absolute Gasteiger partial charge is 0.454 e. The van der Waals surface area contributed by atoms with Gasteiger partial charge in [-0.2, -0.15) is 0 Å². The molecule has 2 aliphatic heterocycles. The fourth-order valence-electron chi connectivity index (χ4n) is 4.71. The summed E-state index contributed by atoms with van der Waals surface area (Å²) in [6.07, 6.45) is 1.60. The van der Waals surface area contributed by atoms with Crippen molar-refractivity contribution in [1.82, 2.24) is 14.5 Å². The molecule has 1 saturated heterocycles. The van der Waals surface area contributed by atoms with E-state index >= 15 is 0 Å². The van der Waals surface area contributed by atoms with Crippen molar-refractivity contribution >= 4 is 28.3 Å². The molecule has 0 bridgehead atoms. The van der Waals surface area contributed by atoms with Gasteiger partial charge in [-0.05, 0) is 62.2 Å². The van der Waals surface area contributed by atoms with Crippen LogP contribution in [0.5, 0.6) is 11.5 Å². The first kappa shape index (κ1) is 20.2. The number of aryl methyl sites for hydroxylation is 1. The minimum Gasteiger partial charge on any atom is -0.454 e. The molecule has 0 N–H and O–H groups in total. The average Bonchev–Trinajstić information content (AvgIpc) is 3.56. The van der Waals surface area contributed by atoms with Gasteiger partial charge in [0.1, 0.15) is 11.6 Å². The number of carbonyl (C=O) groups is 1. The zero-order chi connectivity index (χ0) is 22.5. The first-order valence-corrected chi connectivity index (χ1v) is 11.8. The molecule has 0 saturated carbocycles. The van der Waals surface area contributed by atoms with Gasteiger partial charge < -0.3 is 18.9 Å². The number of fused-ring (bicyclic) bond motifs is 2. The molecule has 33 heavy (non-hydrogen) atoms. The molecule has 1 fully saturated rings. The van der Waals surface area contributed by atoms with Gasteiger partial charge in [0.25, 0.3) is 5.91 Å². The summed E-state index contributed by atoms with van der Waals surface area (Å²) in [6, 6.07) is 14.5. The van der Waals surface area contributed by atoms with E-state index in [9.17, 15) is 9.18 Å². The number of aromatic nitrogens is 2. The second-order valence-corrected chi connectivity index (χ2v) is 9.73. The topological polar surface area (TPSA) is 56.6 Å². The van der Waals surface area contributed by atoms with E-state index in [0.717, 1.165) is 39.5 Å². The number of hydrogen-bond donors (Lipinski definition) is 0. The Labute approximate surface area is 194 Å². The highest BCUT2D eigenvalue weighted by atomic mass is 32.1. The van der Waals surface area contributed by atoms with Crippen LogP contribution in [0.3, 0.4) is 0 Å². The molecule has 0 radical (unpaired) electrons. The third-order valence-corrected chi connectivity index (χ3v) is 7.34. The van der Waals surface area contributed by atoms with Crippen LogP contribution in [0.2, 0.25) is 0 Å². The van der Waals surface area contributed by atoms with E-state index < -0.39 is 0 Å². The number of amides is 1. The number of rotatable bonds is 3. The minimum atomic E-state index is -0.309. The number of likely N-dealkylation sites (tertiary alicyclic amines) is 1. The van der Waals surface area contributed by atoms with E-state index in [1.165, 1.54) is 23.5 Å². The molecule has 2 aromatic heterocycles. The Balaban J connectivity index is 1.34. The fraction of sp³-hybridized carbons (Fsp3) is 0.280. The monoisotopic (exact) mass is 463 g/mol. The maximum atomic E-state index is 14.0. The summed E-state index contributed by atoms with van der Waals surface area (Å²) in [7, 11) is 0. The van der Waals surface area contributed by atoms with Crippen molar-refractivity contribution in [2.75, 3.05) is 19.9 Å². The number of ether oxygens (including phenoxy) is 2. The summed E-state index contributed by atoms with van der Waals surface area (Å²) < 4.78 is 27.2. The maximum Gasteiger partial charge on any atom is 0.263 e. The molecule has 0 spiro atoms. The predicted octanol–water partition coefficient (Wildman–Crippen LogP) is 5.42. The molecule has 4 heterocycles. The molecule has 0 unspecified atom stereocenters. The third kappa shape index (κ3) is 3.54. The number of benzene rings is 2. The Morgan fingerprint density at radius 2 is 1.88 bits per heavy atom. The fourth-order valence-corrected chi connectivity index (χ4v) is 5.55. The quantitative estimate of drug-likeness (QED) is 0.407. The zero-order valence-corrected chi connectivity index (χ0v) is 18.9. The van der Waals surface area contributed by atoms with Crippen LogP contribution in [-0.4, -0.2) is 40.2 Å². The van der Waals surface area contributed by atoms with Crippen molar-refractivity contribution in [3.8, 4) is 22.9 Å². The van der Waals surface area contributed by atoms with E-state index in [1.807, 2.05) is 42.2 Å². The smallest absolute Gasteiger partial charge is 0.263 e. The van der Waals surface area contributed by atoms with Crippen molar-refractivity contribution in [2.45, 2.75) is 25.8 Å². The summed E-state index contributed by atoms with van der Waals surface area (Å²) in [5.74, 6) is 1.95. The van der Waals surface area contributed by atoms with E-state index in [4.69, 9.17) is 14.5 Å². The second kappa shape index (κ2) is 7.88. The van der Waals surface area contributed by atoms with Crippen molar-refractivity contribution in [3.63, 3.8) is 0 Å². The average molecular weight is 464 g/mol. The van der Waals surface area contributed by atoms with Crippen molar-refractivity contribution < 1.29 is 18.7 Å². The van der Waals surface area contributed by atoms with Gasteiger partial charge in [-0.25, -0.2) is 9.37 Å². The number of hydrogen-bond acceptors (Lipinski definition) is 5. The van der Waals surface area contributed by atoms with Gasteiger partial charge in [-0.1, -0.05) is 0 Å². The lowest BCUT2D eigenvalue weighted by Gasteiger charge is -2.33. The van der Waals surface area contributed by atoms with Crippen LogP contribution < -0.4 is 9.47 Å². The summed E-state index contributed by atoms with van der Waals surface area (Å²) in [4.78, 5) is 21.6.